The second kappa shape index (κ2) is 6.42. The molecule has 120 valence electrons. The van der Waals surface area contributed by atoms with Crippen LogP contribution < -0.4 is 19.1 Å². The number of β-lactam (4-membered cyclic amide) rings is 1. The third-order valence-electron chi connectivity index (χ3n) is 3.26. The number of ether oxygens (including phenoxy) is 5. The zero-order chi connectivity index (χ0) is 16.3. The Balaban J connectivity index is 2.21. The first kappa shape index (κ1) is 15.7. The summed E-state index contributed by atoms with van der Waals surface area (Å²) in [6.45, 7) is 0.229. The van der Waals surface area contributed by atoms with Crippen molar-refractivity contribution in [2.45, 2.75) is 6.10 Å². The normalized spacial score (nSPS) is 16.6. The van der Waals surface area contributed by atoms with Crippen LogP contribution in [0.25, 0.3) is 0 Å². The topological polar surface area (TPSA) is 83.5 Å². The minimum atomic E-state index is -0.886. The maximum atomic E-state index is 12.0. The highest BCUT2D eigenvalue weighted by molar-refractivity contribution is 6.04. The van der Waals surface area contributed by atoms with Crippen molar-refractivity contribution in [1.29, 1.82) is 0 Å². The van der Waals surface area contributed by atoms with Gasteiger partial charge in [0.25, 0.3) is 5.91 Å². The van der Waals surface area contributed by atoms with E-state index in [1.54, 1.807) is 12.1 Å². The molecule has 1 unspecified atom stereocenters. The Morgan fingerprint density at radius 3 is 2.09 bits per heavy atom. The van der Waals surface area contributed by atoms with Crippen LogP contribution in [0.5, 0.6) is 17.2 Å². The predicted molar refractivity (Wildman–Crippen MR) is 75.7 cm³/mol. The molecule has 0 aliphatic carbocycles. The van der Waals surface area contributed by atoms with Crippen LogP contribution in [0.2, 0.25) is 0 Å². The van der Waals surface area contributed by atoms with Crippen molar-refractivity contribution in [2.24, 2.45) is 0 Å². The van der Waals surface area contributed by atoms with Gasteiger partial charge in [-0.1, -0.05) is 0 Å². The molecule has 0 bridgehead atoms. The summed E-state index contributed by atoms with van der Waals surface area (Å²) in [4.78, 5) is 24.5. The molecule has 0 saturated carbocycles. The first-order chi connectivity index (χ1) is 10.5. The van der Waals surface area contributed by atoms with Crippen LogP contribution in [0, 0.1) is 0 Å². The fraction of sp³-hybridized carbons (Fsp3) is 0.429. The van der Waals surface area contributed by atoms with Gasteiger partial charge in [-0.3, -0.25) is 4.79 Å². The molecule has 1 amide bonds. The number of rotatable bonds is 5. The smallest absolute Gasteiger partial charge is 0.493 e. The van der Waals surface area contributed by atoms with E-state index in [1.807, 2.05) is 0 Å². The van der Waals surface area contributed by atoms with E-state index in [4.69, 9.17) is 18.9 Å². The van der Waals surface area contributed by atoms with Crippen molar-refractivity contribution in [1.82, 2.24) is 0 Å². The van der Waals surface area contributed by atoms with Crippen LogP contribution in [-0.4, -0.2) is 53.2 Å². The van der Waals surface area contributed by atoms with Gasteiger partial charge in [0, 0.05) is 12.1 Å². The Kier molecular flexibility index (Phi) is 4.59. The van der Waals surface area contributed by atoms with Crippen molar-refractivity contribution in [3.63, 3.8) is 0 Å². The molecule has 1 heterocycles. The SMILES string of the molecule is COC(=O)OC1CN(c2cc(OC)c(OC)c(OC)c2)C1=O. The van der Waals surface area contributed by atoms with Gasteiger partial charge in [0.1, 0.15) is 0 Å². The Bertz CT molecular complexity index is 562. The first-order valence-electron chi connectivity index (χ1n) is 6.41. The van der Waals surface area contributed by atoms with E-state index in [0.717, 1.165) is 0 Å². The summed E-state index contributed by atoms with van der Waals surface area (Å²) in [7, 11) is 5.65. The maximum Gasteiger partial charge on any atom is 0.508 e. The van der Waals surface area contributed by atoms with Crippen LogP contribution in [0.3, 0.4) is 0 Å². The van der Waals surface area contributed by atoms with Gasteiger partial charge < -0.3 is 28.6 Å². The largest absolute Gasteiger partial charge is 0.508 e. The molecule has 1 atom stereocenters. The number of hydrogen-bond acceptors (Lipinski definition) is 7. The fourth-order valence-electron chi connectivity index (χ4n) is 2.10. The minimum absolute atomic E-state index is 0.229. The number of benzene rings is 1. The molecule has 8 heteroatoms. The fourth-order valence-corrected chi connectivity index (χ4v) is 2.10. The van der Waals surface area contributed by atoms with E-state index < -0.39 is 12.3 Å². The van der Waals surface area contributed by atoms with E-state index >= 15 is 0 Å². The number of carbonyl (C=O) groups excluding carboxylic acids is 2. The maximum absolute atomic E-state index is 12.0. The number of nitrogens with zero attached hydrogens (tertiary/aromatic N) is 1. The molecule has 0 spiro atoms. The summed E-state index contributed by atoms with van der Waals surface area (Å²) in [6, 6.07) is 3.29. The molecule has 1 aliphatic heterocycles. The summed E-state index contributed by atoms with van der Waals surface area (Å²) >= 11 is 0. The third kappa shape index (κ3) is 2.72. The van der Waals surface area contributed by atoms with Gasteiger partial charge in [-0.2, -0.15) is 0 Å². The summed E-state index contributed by atoms with van der Waals surface area (Å²) in [6.07, 6.45) is -1.73. The Hall–Kier alpha value is -2.64. The van der Waals surface area contributed by atoms with Gasteiger partial charge in [0.15, 0.2) is 11.5 Å². The van der Waals surface area contributed by atoms with Crippen LogP contribution in [0.15, 0.2) is 12.1 Å². The molecular formula is C14H17NO7. The lowest BCUT2D eigenvalue weighted by atomic mass is 10.1. The predicted octanol–water partition coefficient (Wildman–Crippen LogP) is 1.21. The summed E-state index contributed by atoms with van der Waals surface area (Å²) < 4.78 is 24.9. The molecule has 22 heavy (non-hydrogen) atoms. The molecule has 0 radical (unpaired) electrons. The van der Waals surface area contributed by atoms with Crippen molar-refractivity contribution >= 4 is 17.7 Å². The average Bonchev–Trinajstić information content (AvgIpc) is 2.55. The molecule has 0 aromatic heterocycles. The van der Waals surface area contributed by atoms with E-state index in [9.17, 15) is 9.59 Å². The average molecular weight is 311 g/mol. The van der Waals surface area contributed by atoms with Gasteiger partial charge in [-0.25, -0.2) is 4.79 Å². The second-order valence-electron chi connectivity index (χ2n) is 4.39. The highest BCUT2D eigenvalue weighted by atomic mass is 16.7. The number of anilines is 1. The molecule has 1 aromatic carbocycles. The molecule has 1 saturated heterocycles. The van der Waals surface area contributed by atoms with Crippen molar-refractivity contribution in [3.8, 4) is 17.2 Å². The molecule has 1 aliphatic rings. The van der Waals surface area contributed by atoms with Crippen LogP contribution >= 0.6 is 0 Å². The third-order valence-corrected chi connectivity index (χ3v) is 3.26. The van der Waals surface area contributed by atoms with Crippen molar-refractivity contribution in [3.05, 3.63) is 12.1 Å². The van der Waals surface area contributed by atoms with Gasteiger partial charge in [-0.05, 0) is 0 Å². The monoisotopic (exact) mass is 311 g/mol. The lowest BCUT2D eigenvalue weighted by Crippen LogP contribution is -2.58. The van der Waals surface area contributed by atoms with Crippen LogP contribution in [-0.2, 0) is 14.3 Å². The standard InChI is InChI=1S/C14H17NO7/c1-18-9-5-8(6-10(19-2)12(9)20-3)15-7-11(13(15)16)22-14(17)21-4/h5-6,11H,7H2,1-4H3. The quantitative estimate of drug-likeness (QED) is 0.597. The molecule has 0 N–H and O–H groups in total. The van der Waals surface area contributed by atoms with Crippen molar-refractivity contribution < 1.29 is 33.3 Å². The van der Waals surface area contributed by atoms with E-state index in [0.29, 0.717) is 22.9 Å². The van der Waals surface area contributed by atoms with Gasteiger partial charge in [0.2, 0.25) is 11.9 Å². The molecule has 1 fully saturated rings. The number of hydrogen-bond donors (Lipinski definition) is 0. The highest BCUT2D eigenvalue weighted by Crippen LogP contribution is 2.42. The second-order valence-corrected chi connectivity index (χ2v) is 4.39. The summed E-state index contributed by atoms with van der Waals surface area (Å²) in [5.41, 5.74) is 0.559. The Morgan fingerprint density at radius 1 is 1.09 bits per heavy atom. The summed E-state index contributed by atoms with van der Waals surface area (Å²) in [5.74, 6) is 0.952. The first-order valence-corrected chi connectivity index (χ1v) is 6.41. The minimum Gasteiger partial charge on any atom is -0.493 e. The van der Waals surface area contributed by atoms with Crippen molar-refractivity contribution in [2.75, 3.05) is 39.9 Å². The highest BCUT2D eigenvalue weighted by Gasteiger charge is 2.41. The van der Waals surface area contributed by atoms with Crippen LogP contribution in [0.4, 0.5) is 10.5 Å². The Morgan fingerprint density at radius 2 is 1.68 bits per heavy atom. The number of methoxy groups -OCH3 is 4. The molecule has 1 aromatic rings. The van der Waals surface area contributed by atoms with Gasteiger partial charge >= 0.3 is 6.16 Å². The van der Waals surface area contributed by atoms with E-state index in [1.165, 1.54) is 33.3 Å². The zero-order valence-corrected chi connectivity index (χ0v) is 12.7. The molecular weight excluding hydrogens is 294 g/mol. The van der Waals surface area contributed by atoms with Crippen LogP contribution in [0.1, 0.15) is 0 Å². The van der Waals surface area contributed by atoms with Gasteiger partial charge in [-0.15, -0.1) is 0 Å². The zero-order valence-electron chi connectivity index (χ0n) is 12.7. The lowest BCUT2D eigenvalue weighted by Gasteiger charge is -2.37. The number of carbonyl (C=O) groups is 2. The molecule has 8 nitrogen and oxygen atoms in total. The van der Waals surface area contributed by atoms with E-state index in [-0.39, 0.29) is 12.5 Å². The van der Waals surface area contributed by atoms with E-state index in [2.05, 4.69) is 4.74 Å². The molecule has 2 rings (SSSR count). The van der Waals surface area contributed by atoms with Gasteiger partial charge in [0.05, 0.1) is 40.7 Å². The summed E-state index contributed by atoms with van der Waals surface area (Å²) in [5, 5.41) is 0. The number of amides is 1. The lowest BCUT2D eigenvalue weighted by molar-refractivity contribution is -0.134. The Labute approximate surface area is 127 Å².